The molecule has 1 rings (SSSR count). The third-order valence-electron chi connectivity index (χ3n) is 3.91. The van der Waals surface area contributed by atoms with Crippen LogP contribution in [0.4, 0.5) is 0 Å². The highest BCUT2D eigenvalue weighted by Gasteiger charge is 2.28. The quantitative estimate of drug-likeness (QED) is 0.728. The number of hydrogen-bond acceptors (Lipinski definition) is 2. The summed E-state index contributed by atoms with van der Waals surface area (Å²) in [6.45, 7) is 4.38. The molecule has 0 aromatic rings. The largest absolute Gasteiger partial charge is 0.327 e. The fraction of sp³-hybridized carbons (Fsp3) is 1.00. The normalized spacial score (nSPS) is 32.6. The van der Waals surface area contributed by atoms with E-state index in [1.165, 1.54) is 25.7 Å². The Morgan fingerprint density at radius 2 is 1.43 bits per heavy atom. The van der Waals surface area contributed by atoms with Crippen molar-refractivity contribution in [2.45, 2.75) is 64.5 Å². The minimum atomic E-state index is 0.404. The summed E-state index contributed by atoms with van der Waals surface area (Å²) in [7, 11) is 0. The van der Waals surface area contributed by atoms with Crippen LogP contribution in [0.3, 0.4) is 0 Å². The van der Waals surface area contributed by atoms with Crippen molar-refractivity contribution in [1.82, 2.24) is 0 Å². The molecule has 1 aliphatic rings. The molecule has 84 valence electrons. The Morgan fingerprint density at radius 3 is 1.79 bits per heavy atom. The zero-order valence-electron chi connectivity index (χ0n) is 9.71. The lowest BCUT2D eigenvalue weighted by atomic mass is 9.74. The van der Waals surface area contributed by atoms with E-state index in [0.29, 0.717) is 12.1 Å². The Labute approximate surface area is 88.4 Å². The molecule has 0 aliphatic heterocycles. The van der Waals surface area contributed by atoms with E-state index in [4.69, 9.17) is 11.5 Å². The molecule has 0 aromatic heterocycles. The van der Waals surface area contributed by atoms with E-state index in [2.05, 4.69) is 13.8 Å². The lowest BCUT2D eigenvalue weighted by Gasteiger charge is -2.35. The summed E-state index contributed by atoms with van der Waals surface area (Å²) in [5, 5.41) is 0. The standard InChI is InChI=1S/C12H26N2/c1-3-11(13)9-6-5-7-10(8-9)12(14)4-2/h9-12H,3-8,13-14H2,1-2H3. The molecular weight excluding hydrogens is 172 g/mol. The molecule has 0 radical (unpaired) electrons. The first-order valence-electron chi connectivity index (χ1n) is 6.20. The summed E-state index contributed by atoms with van der Waals surface area (Å²) < 4.78 is 0. The minimum Gasteiger partial charge on any atom is -0.327 e. The van der Waals surface area contributed by atoms with Crippen LogP contribution in [0, 0.1) is 11.8 Å². The van der Waals surface area contributed by atoms with Gasteiger partial charge in [-0.05, 0) is 43.9 Å². The molecule has 14 heavy (non-hydrogen) atoms. The van der Waals surface area contributed by atoms with Gasteiger partial charge in [0.15, 0.2) is 0 Å². The number of rotatable bonds is 4. The number of hydrogen-bond donors (Lipinski definition) is 2. The molecule has 1 fully saturated rings. The van der Waals surface area contributed by atoms with E-state index < -0.39 is 0 Å². The highest BCUT2D eigenvalue weighted by atomic mass is 14.7. The van der Waals surface area contributed by atoms with Crippen LogP contribution >= 0.6 is 0 Å². The van der Waals surface area contributed by atoms with Gasteiger partial charge in [0, 0.05) is 12.1 Å². The van der Waals surface area contributed by atoms with Crippen LogP contribution < -0.4 is 11.5 Å². The summed E-state index contributed by atoms with van der Waals surface area (Å²) in [6, 6.07) is 0.809. The topological polar surface area (TPSA) is 52.0 Å². The summed E-state index contributed by atoms with van der Waals surface area (Å²) in [4.78, 5) is 0. The van der Waals surface area contributed by atoms with Crippen LogP contribution in [0.5, 0.6) is 0 Å². The van der Waals surface area contributed by atoms with Crippen LogP contribution in [0.25, 0.3) is 0 Å². The zero-order chi connectivity index (χ0) is 10.6. The second kappa shape index (κ2) is 5.72. The van der Waals surface area contributed by atoms with Gasteiger partial charge in [0.2, 0.25) is 0 Å². The van der Waals surface area contributed by atoms with Crippen LogP contribution in [-0.4, -0.2) is 12.1 Å². The van der Waals surface area contributed by atoms with Crippen molar-refractivity contribution in [3.63, 3.8) is 0 Å². The molecule has 0 amide bonds. The van der Waals surface area contributed by atoms with Gasteiger partial charge in [-0.2, -0.15) is 0 Å². The SMILES string of the molecule is CCC(N)C1CCCC(C(N)CC)C1. The Hall–Kier alpha value is -0.0800. The first kappa shape index (κ1) is 12.0. The minimum absolute atomic E-state index is 0.404. The monoisotopic (exact) mass is 198 g/mol. The average molecular weight is 198 g/mol. The van der Waals surface area contributed by atoms with Crippen molar-refractivity contribution in [3.8, 4) is 0 Å². The third-order valence-corrected chi connectivity index (χ3v) is 3.91. The summed E-state index contributed by atoms with van der Waals surface area (Å²) >= 11 is 0. The van der Waals surface area contributed by atoms with Gasteiger partial charge in [-0.25, -0.2) is 0 Å². The van der Waals surface area contributed by atoms with Gasteiger partial charge in [0.1, 0.15) is 0 Å². The van der Waals surface area contributed by atoms with E-state index in [0.717, 1.165) is 24.7 Å². The van der Waals surface area contributed by atoms with E-state index in [9.17, 15) is 0 Å². The second-order valence-electron chi connectivity index (χ2n) is 4.83. The first-order chi connectivity index (χ1) is 6.69. The van der Waals surface area contributed by atoms with Crippen molar-refractivity contribution in [2.24, 2.45) is 23.3 Å². The van der Waals surface area contributed by atoms with Crippen molar-refractivity contribution in [1.29, 1.82) is 0 Å². The summed E-state index contributed by atoms with van der Waals surface area (Å²) in [5.41, 5.74) is 12.2. The number of nitrogens with two attached hydrogens (primary N) is 2. The molecule has 4 N–H and O–H groups in total. The Bertz CT molecular complexity index is 142. The van der Waals surface area contributed by atoms with Gasteiger partial charge >= 0.3 is 0 Å². The van der Waals surface area contributed by atoms with Gasteiger partial charge in [0.05, 0.1) is 0 Å². The van der Waals surface area contributed by atoms with E-state index in [-0.39, 0.29) is 0 Å². The predicted molar refractivity (Wildman–Crippen MR) is 62.0 cm³/mol. The molecule has 1 aliphatic carbocycles. The van der Waals surface area contributed by atoms with Crippen LogP contribution in [-0.2, 0) is 0 Å². The maximum Gasteiger partial charge on any atom is 0.00646 e. The highest BCUT2D eigenvalue weighted by Crippen LogP contribution is 2.33. The molecule has 4 unspecified atom stereocenters. The first-order valence-corrected chi connectivity index (χ1v) is 6.20. The van der Waals surface area contributed by atoms with Gasteiger partial charge < -0.3 is 11.5 Å². The van der Waals surface area contributed by atoms with E-state index in [1.807, 2.05) is 0 Å². The van der Waals surface area contributed by atoms with Crippen molar-refractivity contribution in [2.75, 3.05) is 0 Å². The fourth-order valence-electron chi connectivity index (χ4n) is 2.71. The molecule has 0 saturated heterocycles. The maximum absolute atomic E-state index is 6.11. The summed E-state index contributed by atoms with van der Waals surface area (Å²) in [6.07, 6.45) is 7.46. The molecular formula is C12H26N2. The van der Waals surface area contributed by atoms with Crippen LogP contribution in [0.2, 0.25) is 0 Å². The molecule has 4 atom stereocenters. The lowest BCUT2D eigenvalue weighted by Crippen LogP contribution is -2.38. The van der Waals surface area contributed by atoms with Gasteiger partial charge in [0.25, 0.3) is 0 Å². The summed E-state index contributed by atoms with van der Waals surface area (Å²) in [5.74, 6) is 1.47. The molecule has 0 aromatic carbocycles. The Morgan fingerprint density at radius 1 is 1.00 bits per heavy atom. The molecule has 2 nitrogen and oxygen atoms in total. The second-order valence-corrected chi connectivity index (χ2v) is 4.83. The maximum atomic E-state index is 6.11. The Balaban J connectivity index is 2.43. The molecule has 2 heteroatoms. The smallest absolute Gasteiger partial charge is 0.00646 e. The highest BCUT2D eigenvalue weighted by molar-refractivity contribution is 4.83. The van der Waals surface area contributed by atoms with E-state index >= 15 is 0 Å². The average Bonchev–Trinajstić information content (AvgIpc) is 2.27. The molecule has 0 heterocycles. The molecule has 0 spiro atoms. The predicted octanol–water partition coefficient (Wildman–Crippen LogP) is 2.27. The third kappa shape index (κ3) is 2.96. The van der Waals surface area contributed by atoms with Gasteiger partial charge in [-0.3, -0.25) is 0 Å². The molecule has 0 bridgehead atoms. The lowest BCUT2D eigenvalue weighted by molar-refractivity contribution is 0.203. The van der Waals surface area contributed by atoms with Crippen molar-refractivity contribution < 1.29 is 0 Å². The van der Waals surface area contributed by atoms with Gasteiger partial charge in [-0.15, -0.1) is 0 Å². The Kier molecular flexibility index (Phi) is 4.90. The van der Waals surface area contributed by atoms with Crippen LogP contribution in [0.1, 0.15) is 52.4 Å². The molecule has 1 saturated carbocycles. The zero-order valence-corrected chi connectivity index (χ0v) is 9.71. The fourth-order valence-corrected chi connectivity index (χ4v) is 2.71. The van der Waals surface area contributed by atoms with Crippen molar-refractivity contribution >= 4 is 0 Å². The van der Waals surface area contributed by atoms with Crippen LogP contribution in [0.15, 0.2) is 0 Å². The van der Waals surface area contributed by atoms with Crippen molar-refractivity contribution in [3.05, 3.63) is 0 Å². The van der Waals surface area contributed by atoms with Gasteiger partial charge in [-0.1, -0.05) is 20.3 Å². The van der Waals surface area contributed by atoms with E-state index in [1.54, 1.807) is 0 Å².